The second-order valence-electron chi connectivity index (χ2n) is 17.7. The number of hydrogen-bond acceptors (Lipinski definition) is 2. The first kappa shape index (κ1) is 39.4. The number of rotatable bonds is 9. The zero-order valence-corrected chi connectivity index (χ0v) is 37.3. The van der Waals surface area contributed by atoms with Crippen LogP contribution < -0.4 is 9.80 Å². The van der Waals surface area contributed by atoms with Crippen LogP contribution in [0.3, 0.4) is 0 Å². The van der Waals surface area contributed by atoms with E-state index in [4.69, 9.17) is 0 Å². The molecule has 0 spiro atoms. The Morgan fingerprint density at radius 3 is 1.71 bits per heavy atom. The zero-order valence-electron chi connectivity index (χ0n) is 37.3. The van der Waals surface area contributed by atoms with Gasteiger partial charge in [-0.3, -0.25) is 0 Å². The van der Waals surface area contributed by atoms with Gasteiger partial charge in [-0.1, -0.05) is 194 Å². The second-order valence-corrected chi connectivity index (χ2v) is 17.7. The van der Waals surface area contributed by atoms with Crippen molar-refractivity contribution < 1.29 is 0 Å². The molecule has 1 heterocycles. The highest BCUT2D eigenvalue weighted by Crippen LogP contribution is 2.59. The minimum atomic E-state index is -0.768. The van der Waals surface area contributed by atoms with E-state index in [-0.39, 0.29) is 0 Å². The zero-order chi connectivity index (χ0) is 45.0. The number of hydrogen-bond donors (Lipinski definition) is 0. The van der Waals surface area contributed by atoms with Crippen LogP contribution in [0.1, 0.15) is 16.7 Å². The van der Waals surface area contributed by atoms with Gasteiger partial charge in [-0.2, -0.15) is 0 Å². The van der Waals surface area contributed by atoms with E-state index >= 15 is 0 Å². The Balaban J connectivity index is 1.07. The predicted octanol–water partition coefficient (Wildman–Crippen LogP) is 17.2. The highest BCUT2D eigenvalue weighted by atomic mass is 15.2. The molecule has 320 valence electrons. The van der Waals surface area contributed by atoms with Crippen LogP contribution in [0, 0.1) is 0 Å². The van der Waals surface area contributed by atoms with Crippen LogP contribution in [0.15, 0.2) is 273 Å². The molecule has 0 fully saturated rings. The van der Waals surface area contributed by atoms with Gasteiger partial charge in [0, 0.05) is 44.9 Å². The standard InChI is InChI=1S/C65H45N3/c1-5-20-46(21-6-1)49-24-19-31-53(42-49)67-63-35-18-16-33-59(63)60-41-39-55(45-64(60)67)66(51-27-9-3-10-28-51)54-38-40-58-57-32-15-17-34-61(57)65(62(58)44-54,50-25-7-2-8-26-50)68(52-29-11-4-12-30-52)56-37-36-47-22-13-14-23-48(47)43-56/h1-45H. The van der Waals surface area contributed by atoms with E-state index in [1.807, 2.05) is 0 Å². The summed E-state index contributed by atoms with van der Waals surface area (Å²) in [7, 11) is 0. The Morgan fingerprint density at radius 2 is 0.897 bits per heavy atom. The van der Waals surface area contributed by atoms with Crippen LogP contribution >= 0.6 is 0 Å². The molecule has 1 unspecified atom stereocenters. The fourth-order valence-corrected chi connectivity index (χ4v) is 11.0. The molecule has 68 heavy (non-hydrogen) atoms. The largest absolute Gasteiger partial charge is 0.323 e. The third kappa shape index (κ3) is 6.28. The van der Waals surface area contributed by atoms with Gasteiger partial charge in [0.2, 0.25) is 0 Å². The first-order valence-corrected chi connectivity index (χ1v) is 23.4. The highest BCUT2D eigenvalue weighted by molar-refractivity contribution is 6.10. The lowest BCUT2D eigenvalue weighted by Gasteiger charge is -2.45. The molecule has 0 amide bonds. The molecule has 11 aromatic carbocycles. The van der Waals surface area contributed by atoms with Gasteiger partial charge >= 0.3 is 0 Å². The van der Waals surface area contributed by atoms with Gasteiger partial charge in [0.05, 0.1) is 11.0 Å². The summed E-state index contributed by atoms with van der Waals surface area (Å²) in [6.45, 7) is 0. The summed E-state index contributed by atoms with van der Waals surface area (Å²) in [4.78, 5) is 5.02. The van der Waals surface area contributed by atoms with Crippen LogP contribution in [0.4, 0.5) is 28.4 Å². The molecule has 1 aromatic heterocycles. The van der Waals surface area contributed by atoms with Crippen LogP contribution in [0.2, 0.25) is 0 Å². The molecule has 0 radical (unpaired) electrons. The normalized spacial score (nSPS) is 13.9. The SMILES string of the molecule is c1ccc(-c2cccc(-n3c4ccccc4c4ccc(N(c5ccccc5)c5ccc6c(c5)C(c5ccccc5)(N(c5ccccc5)c5ccc7ccccc7c5)c5ccccc5-6)cc43)c2)cc1. The fourth-order valence-electron chi connectivity index (χ4n) is 11.0. The van der Waals surface area contributed by atoms with E-state index in [1.165, 1.54) is 66.0 Å². The molecule has 0 saturated carbocycles. The van der Waals surface area contributed by atoms with Crippen LogP contribution in [-0.4, -0.2) is 4.57 Å². The molecule has 0 aliphatic heterocycles. The molecule has 0 saturated heterocycles. The highest BCUT2D eigenvalue weighted by Gasteiger charge is 2.50. The molecule has 3 heteroatoms. The molecular formula is C65H45N3. The third-order valence-corrected chi connectivity index (χ3v) is 13.9. The minimum Gasteiger partial charge on any atom is -0.323 e. The van der Waals surface area contributed by atoms with Crippen LogP contribution in [-0.2, 0) is 5.54 Å². The summed E-state index contributed by atoms with van der Waals surface area (Å²) in [6.07, 6.45) is 0. The number of benzene rings is 11. The Bertz CT molecular complexity index is 3800. The van der Waals surface area contributed by atoms with E-state index in [0.717, 1.165) is 39.6 Å². The summed E-state index contributed by atoms with van der Waals surface area (Å²) in [5.74, 6) is 0. The van der Waals surface area contributed by atoms with Gasteiger partial charge in [-0.25, -0.2) is 0 Å². The maximum atomic E-state index is 2.59. The molecule has 13 rings (SSSR count). The van der Waals surface area contributed by atoms with Crippen molar-refractivity contribution in [1.82, 2.24) is 4.57 Å². The summed E-state index contributed by atoms with van der Waals surface area (Å²) < 4.78 is 2.44. The van der Waals surface area contributed by atoms with E-state index in [0.29, 0.717) is 0 Å². The van der Waals surface area contributed by atoms with Gasteiger partial charge in [-0.05, 0) is 129 Å². The first-order valence-electron chi connectivity index (χ1n) is 23.4. The number of aromatic nitrogens is 1. The lowest BCUT2D eigenvalue weighted by molar-refractivity contribution is 0.644. The first-order chi connectivity index (χ1) is 33.7. The van der Waals surface area contributed by atoms with Crippen molar-refractivity contribution >= 4 is 61.0 Å². The molecular weight excluding hydrogens is 823 g/mol. The van der Waals surface area contributed by atoms with E-state index < -0.39 is 5.54 Å². The van der Waals surface area contributed by atoms with Gasteiger partial charge in [-0.15, -0.1) is 0 Å². The molecule has 1 aliphatic rings. The Labute approximate surface area is 396 Å². The predicted molar refractivity (Wildman–Crippen MR) is 285 cm³/mol. The Kier molecular flexibility index (Phi) is 9.40. The number of nitrogens with zero attached hydrogens (tertiary/aromatic N) is 3. The van der Waals surface area contributed by atoms with Crippen molar-refractivity contribution in [1.29, 1.82) is 0 Å². The van der Waals surface area contributed by atoms with Gasteiger partial charge in [0.15, 0.2) is 0 Å². The van der Waals surface area contributed by atoms with Gasteiger partial charge in [0.25, 0.3) is 0 Å². The molecule has 1 atom stereocenters. The van der Waals surface area contributed by atoms with Crippen molar-refractivity contribution in [3.63, 3.8) is 0 Å². The monoisotopic (exact) mass is 867 g/mol. The topological polar surface area (TPSA) is 11.4 Å². The van der Waals surface area contributed by atoms with Crippen LogP contribution in [0.25, 0.3) is 60.5 Å². The quantitative estimate of drug-likeness (QED) is 0.143. The minimum absolute atomic E-state index is 0.768. The number of fused-ring (bicyclic) bond motifs is 7. The van der Waals surface area contributed by atoms with Crippen LogP contribution in [0.5, 0.6) is 0 Å². The summed E-state index contributed by atoms with van der Waals surface area (Å²) in [6, 6.07) is 100. The third-order valence-electron chi connectivity index (χ3n) is 13.9. The van der Waals surface area contributed by atoms with Gasteiger partial charge < -0.3 is 14.4 Å². The molecule has 3 nitrogen and oxygen atoms in total. The maximum Gasteiger partial charge on any atom is 0.122 e. The van der Waals surface area contributed by atoms with Crippen molar-refractivity contribution in [2.45, 2.75) is 5.54 Å². The van der Waals surface area contributed by atoms with E-state index in [1.54, 1.807) is 0 Å². The fraction of sp³-hybridized carbons (Fsp3) is 0.0154. The molecule has 0 bridgehead atoms. The number of anilines is 5. The summed E-state index contributed by atoms with van der Waals surface area (Å²) in [5.41, 5.74) is 16.6. The van der Waals surface area contributed by atoms with E-state index in [9.17, 15) is 0 Å². The molecule has 12 aromatic rings. The van der Waals surface area contributed by atoms with Gasteiger partial charge in [0.1, 0.15) is 5.54 Å². The van der Waals surface area contributed by atoms with Crippen molar-refractivity contribution in [2.75, 3.05) is 9.80 Å². The number of para-hydroxylation sites is 3. The van der Waals surface area contributed by atoms with Crippen molar-refractivity contribution in [3.8, 4) is 27.9 Å². The Hall–Kier alpha value is -8.92. The summed E-state index contributed by atoms with van der Waals surface area (Å²) >= 11 is 0. The van der Waals surface area contributed by atoms with E-state index in [2.05, 4.69) is 287 Å². The average Bonchev–Trinajstić information content (AvgIpc) is 3.90. The molecule has 0 N–H and O–H groups in total. The average molecular weight is 868 g/mol. The lowest BCUT2D eigenvalue weighted by Crippen LogP contribution is -2.44. The van der Waals surface area contributed by atoms with Crippen molar-refractivity contribution in [3.05, 3.63) is 290 Å². The maximum absolute atomic E-state index is 2.59. The second kappa shape index (κ2) is 16.2. The lowest BCUT2D eigenvalue weighted by atomic mass is 9.78. The Morgan fingerprint density at radius 1 is 0.309 bits per heavy atom. The smallest absolute Gasteiger partial charge is 0.122 e. The summed E-state index contributed by atoms with van der Waals surface area (Å²) in [5, 5.41) is 4.85. The van der Waals surface area contributed by atoms with Crippen molar-refractivity contribution in [2.24, 2.45) is 0 Å². The molecule has 1 aliphatic carbocycles.